The third kappa shape index (κ3) is 2.99. The predicted molar refractivity (Wildman–Crippen MR) is 115 cm³/mol. The number of nitrogens with zero attached hydrogens (tertiary/aromatic N) is 6. The van der Waals surface area contributed by atoms with Gasteiger partial charge in [0.1, 0.15) is 23.4 Å². The monoisotopic (exact) mass is 431 g/mol. The van der Waals surface area contributed by atoms with E-state index < -0.39 is 0 Å². The van der Waals surface area contributed by atoms with Gasteiger partial charge in [0.2, 0.25) is 5.95 Å². The summed E-state index contributed by atoms with van der Waals surface area (Å²) in [5, 5.41) is 0. The van der Waals surface area contributed by atoms with E-state index in [0.717, 1.165) is 18.4 Å². The summed E-state index contributed by atoms with van der Waals surface area (Å²) in [6.45, 7) is 1.18. The zero-order chi connectivity index (χ0) is 21.7. The van der Waals surface area contributed by atoms with Crippen LogP contribution in [0.1, 0.15) is 18.9 Å². The number of rotatable bonds is 3. The molecule has 0 aliphatic carbocycles. The number of hydrogen-bond donors (Lipinski definition) is 1. The highest BCUT2D eigenvalue weighted by Crippen LogP contribution is 2.29. The molecule has 9 nitrogen and oxygen atoms in total. The van der Waals surface area contributed by atoms with Crippen LogP contribution in [0.4, 0.5) is 4.39 Å². The van der Waals surface area contributed by atoms with Crippen LogP contribution in [-0.4, -0.2) is 47.3 Å². The van der Waals surface area contributed by atoms with Crippen LogP contribution in [0.5, 0.6) is 0 Å². The van der Waals surface area contributed by atoms with Crippen LogP contribution in [0.3, 0.4) is 0 Å². The first-order valence-corrected chi connectivity index (χ1v) is 10.3. The molecular formula is C22H18FN7O2. The highest BCUT2D eigenvalue weighted by molar-refractivity contribution is 5.88. The first kappa shape index (κ1) is 18.8. The van der Waals surface area contributed by atoms with Crippen LogP contribution in [0.2, 0.25) is 0 Å². The Balaban J connectivity index is 1.65. The van der Waals surface area contributed by atoms with Crippen LogP contribution in [-0.2, 0) is 4.74 Å². The number of ether oxygens (including phenoxy) is 1. The molecule has 1 aromatic carbocycles. The van der Waals surface area contributed by atoms with Gasteiger partial charge in [0, 0.05) is 43.3 Å². The Hall–Kier alpha value is -3.92. The average molecular weight is 431 g/mol. The number of aromatic amines is 1. The quantitative estimate of drug-likeness (QED) is 0.471. The lowest BCUT2D eigenvalue weighted by molar-refractivity contribution is 0.0697. The van der Waals surface area contributed by atoms with E-state index in [-0.39, 0.29) is 17.5 Å². The van der Waals surface area contributed by atoms with Gasteiger partial charge in [0.15, 0.2) is 5.65 Å². The summed E-state index contributed by atoms with van der Waals surface area (Å²) < 4.78 is 22.8. The number of benzene rings is 1. The second kappa shape index (κ2) is 7.34. The largest absolute Gasteiger partial charge is 0.381 e. The van der Waals surface area contributed by atoms with E-state index in [1.54, 1.807) is 33.9 Å². The van der Waals surface area contributed by atoms with Gasteiger partial charge in [0.25, 0.3) is 0 Å². The molecule has 5 heterocycles. The lowest BCUT2D eigenvalue weighted by Crippen LogP contribution is -2.27. The molecule has 160 valence electrons. The van der Waals surface area contributed by atoms with E-state index in [1.807, 2.05) is 12.1 Å². The van der Waals surface area contributed by atoms with E-state index in [4.69, 9.17) is 14.7 Å². The second-order valence-electron chi connectivity index (χ2n) is 7.70. The number of nitrogens with one attached hydrogen (secondary N) is 1. The van der Waals surface area contributed by atoms with E-state index in [1.165, 1.54) is 12.1 Å². The van der Waals surface area contributed by atoms with Crippen molar-refractivity contribution < 1.29 is 9.13 Å². The van der Waals surface area contributed by atoms with Gasteiger partial charge < -0.3 is 9.72 Å². The molecule has 6 rings (SSSR count). The highest BCUT2D eigenvalue weighted by atomic mass is 19.1. The Kier molecular flexibility index (Phi) is 4.32. The number of fused-ring (bicyclic) bond motifs is 2. The van der Waals surface area contributed by atoms with Crippen molar-refractivity contribution in [1.82, 2.24) is 34.1 Å². The van der Waals surface area contributed by atoms with Gasteiger partial charge >= 0.3 is 5.69 Å². The van der Waals surface area contributed by atoms with Gasteiger partial charge in [0.05, 0.1) is 11.0 Å². The summed E-state index contributed by atoms with van der Waals surface area (Å²) in [6, 6.07) is 7.97. The zero-order valence-corrected chi connectivity index (χ0v) is 16.9. The van der Waals surface area contributed by atoms with Crippen LogP contribution in [0, 0.1) is 5.82 Å². The van der Waals surface area contributed by atoms with Crippen LogP contribution >= 0.6 is 0 Å². The molecule has 32 heavy (non-hydrogen) atoms. The topological polar surface area (TPSA) is 104 Å². The van der Waals surface area contributed by atoms with E-state index in [9.17, 15) is 9.18 Å². The van der Waals surface area contributed by atoms with Crippen LogP contribution in [0.15, 0.2) is 53.8 Å². The number of H-pyrrole nitrogens is 1. The van der Waals surface area contributed by atoms with Gasteiger partial charge in [-0.3, -0.25) is 14.1 Å². The Labute approximate surface area is 180 Å². The summed E-state index contributed by atoms with van der Waals surface area (Å²) in [5.74, 6) is -0.0762. The molecule has 1 aliphatic heterocycles. The fourth-order valence-corrected chi connectivity index (χ4v) is 4.24. The minimum Gasteiger partial charge on any atom is -0.381 e. The Bertz CT molecular complexity index is 1500. The Morgan fingerprint density at radius 2 is 1.91 bits per heavy atom. The van der Waals surface area contributed by atoms with Crippen LogP contribution < -0.4 is 5.69 Å². The third-order valence-corrected chi connectivity index (χ3v) is 5.79. The molecule has 0 atom stereocenters. The number of hydrogen-bond acceptors (Lipinski definition) is 6. The Morgan fingerprint density at radius 1 is 1.09 bits per heavy atom. The third-order valence-electron chi connectivity index (χ3n) is 5.79. The maximum absolute atomic E-state index is 14.0. The fourth-order valence-electron chi connectivity index (χ4n) is 4.24. The van der Waals surface area contributed by atoms with Crippen molar-refractivity contribution in [3.8, 4) is 17.2 Å². The molecule has 0 spiro atoms. The molecule has 1 saturated heterocycles. The van der Waals surface area contributed by atoms with E-state index in [0.29, 0.717) is 47.1 Å². The van der Waals surface area contributed by atoms with E-state index >= 15 is 0 Å². The lowest BCUT2D eigenvalue weighted by atomic mass is 10.1. The molecule has 0 radical (unpaired) electrons. The number of halogens is 1. The maximum Gasteiger partial charge on any atom is 0.327 e. The summed E-state index contributed by atoms with van der Waals surface area (Å²) in [6.07, 6.45) is 6.33. The van der Waals surface area contributed by atoms with Crippen molar-refractivity contribution in [1.29, 1.82) is 0 Å². The lowest BCUT2D eigenvalue weighted by Gasteiger charge is -2.23. The summed E-state index contributed by atoms with van der Waals surface area (Å²) in [4.78, 5) is 33.9. The molecule has 4 aromatic heterocycles. The molecule has 0 unspecified atom stereocenters. The number of pyridine rings is 1. The molecule has 5 aromatic rings. The molecular weight excluding hydrogens is 413 g/mol. The van der Waals surface area contributed by atoms with Crippen molar-refractivity contribution in [2.75, 3.05) is 13.2 Å². The SMILES string of the molecule is O=c1[nH]c2c(-c3ccncc3)nc(-n3cnc4ccc(F)cc43)nc2n1C1CCOCC1. The molecule has 0 saturated carbocycles. The summed E-state index contributed by atoms with van der Waals surface area (Å²) >= 11 is 0. The first-order chi connectivity index (χ1) is 15.7. The molecule has 1 aliphatic rings. The minimum absolute atomic E-state index is 0.0324. The predicted octanol–water partition coefficient (Wildman–Crippen LogP) is 3.01. The van der Waals surface area contributed by atoms with Crippen molar-refractivity contribution >= 4 is 22.2 Å². The molecule has 1 fully saturated rings. The second-order valence-corrected chi connectivity index (χ2v) is 7.70. The van der Waals surface area contributed by atoms with Gasteiger partial charge in [-0.1, -0.05) is 0 Å². The number of imidazole rings is 2. The molecule has 0 bridgehead atoms. The van der Waals surface area contributed by atoms with Crippen molar-refractivity contribution in [2.45, 2.75) is 18.9 Å². The summed E-state index contributed by atoms with van der Waals surface area (Å²) in [5.41, 5.74) is 3.31. The molecule has 10 heteroatoms. The average Bonchev–Trinajstić information content (AvgIpc) is 3.39. The van der Waals surface area contributed by atoms with Crippen molar-refractivity contribution in [3.05, 3.63) is 65.4 Å². The van der Waals surface area contributed by atoms with Gasteiger partial charge in [-0.2, -0.15) is 4.98 Å². The smallest absolute Gasteiger partial charge is 0.327 e. The van der Waals surface area contributed by atoms with Crippen molar-refractivity contribution in [2.24, 2.45) is 0 Å². The zero-order valence-electron chi connectivity index (χ0n) is 16.9. The summed E-state index contributed by atoms with van der Waals surface area (Å²) in [7, 11) is 0. The fraction of sp³-hybridized carbons (Fsp3) is 0.227. The van der Waals surface area contributed by atoms with Crippen LogP contribution in [0.25, 0.3) is 39.4 Å². The first-order valence-electron chi connectivity index (χ1n) is 10.3. The van der Waals surface area contributed by atoms with Gasteiger partial charge in [-0.05, 0) is 37.1 Å². The highest BCUT2D eigenvalue weighted by Gasteiger charge is 2.24. The number of aromatic nitrogens is 7. The molecule has 1 N–H and O–H groups in total. The molecule has 0 amide bonds. The van der Waals surface area contributed by atoms with Gasteiger partial charge in [-0.25, -0.2) is 19.2 Å². The standard InChI is InChI=1S/C22H18FN7O2/c23-14-1-2-16-17(11-14)29(12-25-16)21-26-18(13-3-7-24-8-4-13)19-20(28-21)30(22(31)27-19)15-5-9-32-10-6-15/h1-4,7-8,11-12,15H,5-6,9-10H2,(H,27,31). The van der Waals surface area contributed by atoms with Gasteiger partial charge in [-0.15, -0.1) is 0 Å². The Morgan fingerprint density at radius 3 is 2.72 bits per heavy atom. The van der Waals surface area contributed by atoms with Crippen molar-refractivity contribution in [3.63, 3.8) is 0 Å². The minimum atomic E-state index is -0.379. The maximum atomic E-state index is 14.0. The van der Waals surface area contributed by atoms with E-state index in [2.05, 4.69) is 15.0 Å². The normalized spacial score (nSPS) is 15.0.